The monoisotopic (exact) mass is 612 g/mol. The molecule has 0 unspecified atom stereocenters. The highest BCUT2D eigenvalue weighted by atomic mass is 14.4. The van der Waals surface area contributed by atoms with Crippen LogP contribution in [-0.2, 0) is 10.8 Å². The number of hydrogen-bond acceptors (Lipinski definition) is 0. The topological polar surface area (TPSA) is 0 Å². The van der Waals surface area contributed by atoms with Crippen LogP contribution in [0.2, 0.25) is 0 Å². The maximum absolute atomic E-state index is 2.44. The molecule has 48 heavy (non-hydrogen) atoms. The molecule has 0 aromatic heterocycles. The van der Waals surface area contributed by atoms with E-state index in [2.05, 4.69) is 173 Å². The molecule has 2 aliphatic rings. The van der Waals surface area contributed by atoms with Crippen molar-refractivity contribution in [1.29, 1.82) is 0 Å². The molecule has 10 rings (SSSR count). The summed E-state index contributed by atoms with van der Waals surface area (Å²) in [5, 5.41) is 8.07. The summed E-state index contributed by atoms with van der Waals surface area (Å²) in [6, 6.07) is 54.9. The molecule has 0 saturated heterocycles. The molecule has 0 heterocycles. The molecule has 8 aromatic carbocycles. The lowest BCUT2D eigenvalue weighted by molar-refractivity contribution is 0.660. The summed E-state index contributed by atoms with van der Waals surface area (Å²) in [6.07, 6.45) is 0. The van der Waals surface area contributed by atoms with Gasteiger partial charge in [0.05, 0.1) is 0 Å². The third-order valence-corrected chi connectivity index (χ3v) is 11.6. The smallest absolute Gasteiger partial charge is 0.0165 e. The molecule has 0 atom stereocenters. The molecule has 2 aliphatic carbocycles. The van der Waals surface area contributed by atoms with Gasteiger partial charge in [-0.2, -0.15) is 0 Å². The van der Waals surface area contributed by atoms with Gasteiger partial charge in [-0.15, -0.1) is 0 Å². The van der Waals surface area contributed by atoms with E-state index >= 15 is 0 Å². The van der Waals surface area contributed by atoms with Gasteiger partial charge >= 0.3 is 0 Å². The average molecular weight is 613 g/mol. The Morgan fingerprint density at radius 2 is 0.792 bits per heavy atom. The van der Waals surface area contributed by atoms with E-state index < -0.39 is 0 Å². The molecule has 0 spiro atoms. The summed E-state index contributed by atoms with van der Waals surface area (Å²) in [5.41, 5.74) is 16.1. The minimum Gasteiger partial charge on any atom is -0.0619 e. The van der Waals surface area contributed by atoms with Crippen LogP contribution in [0.1, 0.15) is 49.9 Å². The van der Waals surface area contributed by atoms with Crippen molar-refractivity contribution in [2.45, 2.75) is 38.5 Å². The van der Waals surface area contributed by atoms with E-state index in [4.69, 9.17) is 0 Å². The molecule has 0 nitrogen and oxygen atoms in total. The number of rotatable bonds is 2. The van der Waals surface area contributed by atoms with Gasteiger partial charge in [0.25, 0.3) is 0 Å². The first-order valence-corrected chi connectivity index (χ1v) is 17.2. The van der Waals surface area contributed by atoms with Gasteiger partial charge in [-0.05, 0) is 117 Å². The van der Waals surface area contributed by atoms with Crippen LogP contribution in [0.5, 0.6) is 0 Å². The van der Waals surface area contributed by atoms with Crippen molar-refractivity contribution in [3.05, 3.63) is 168 Å². The fraction of sp³-hybridized carbons (Fsp3) is 0.125. The second-order valence-electron chi connectivity index (χ2n) is 14.9. The molecule has 228 valence electrons. The fourth-order valence-electron chi connectivity index (χ4n) is 9.27. The van der Waals surface area contributed by atoms with Crippen LogP contribution in [0, 0.1) is 0 Å². The maximum Gasteiger partial charge on any atom is 0.0165 e. The molecular formula is C48H36. The van der Waals surface area contributed by atoms with Crippen LogP contribution in [0.15, 0.2) is 146 Å². The molecule has 0 saturated carbocycles. The number of benzene rings is 8. The van der Waals surface area contributed by atoms with Crippen molar-refractivity contribution in [2.24, 2.45) is 0 Å². The molecule has 8 aromatic rings. The number of fused-ring (bicyclic) bond motifs is 13. The molecular weight excluding hydrogens is 577 g/mol. The van der Waals surface area contributed by atoms with Crippen molar-refractivity contribution in [1.82, 2.24) is 0 Å². The van der Waals surface area contributed by atoms with Crippen LogP contribution in [0.3, 0.4) is 0 Å². The van der Waals surface area contributed by atoms with Gasteiger partial charge < -0.3 is 0 Å². The Labute approximate surface area is 282 Å². The van der Waals surface area contributed by atoms with Crippen LogP contribution in [0.4, 0.5) is 0 Å². The van der Waals surface area contributed by atoms with E-state index in [1.54, 1.807) is 0 Å². The SMILES string of the molecule is CC1(C)c2ccccc2-c2cc(-c3cccc(-c4ccc5c(c4)-c4ccc6c7ccccc7c7ccccc7c6c4C5(C)C)c3)ccc21. The minimum atomic E-state index is -0.121. The van der Waals surface area contributed by atoms with Crippen LogP contribution in [0.25, 0.3) is 76.8 Å². The van der Waals surface area contributed by atoms with Gasteiger partial charge in [0.15, 0.2) is 0 Å². The van der Waals surface area contributed by atoms with Crippen LogP contribution < -0.4 is 0 Å². The highest BCUT2D eigenvalue weighted by molar-refractivity contribution is 6.27. The molecule has 0 fully saturated rings. The summed E-state index contributed by atoms with van der Waals surface area (Å²) in [4.78, 5) is 0. The first-order chi connectivity index (χ1) is 23.3. The van der Waals surface area contributed by atoms with E-state index in [0.29, 0.717) is 0 Å². The van der Waals surface area contributed by atoms with Crippen molar-refractivity contribution in [2.75, 3.05) is 0 Å². The van der Waals surface area contributed by atoms with Crippen molar-refractivity contribution >= 4 is 32.3 Å². The normalized spacial score (nSPS) is 15.0. The zero-order valence-electron chi connectivity index (χ0n) is 27.9. The third kappa shape index (κ3) is 3.61. The lowest BCUT2D eigenvalue weighted by Gasteiger charge is -2.24. The quantitative estimate of drug-likeness (QED) is 0.170. The van der Waals surface area contributed by atoms with E-state index in [0.717, 1.165) is 0 Å². The van der Waals surface area contributed by atoms with Crippen LogP contribution in [-0.4, -0.2) is 0 Å². The lowest BCUT2D eigenvalue weighted by Crippen LogP contribution is -2.15. The van der Waals surface area contributed by atoms with Gasteiger partial charge in [-0.3, -0.25) is 0 Å². The Balaban J connectivity index is 1.12. The van der Waals surface area contributed by atoms with Crippen molar-refractivity contribution in [3.63, 3.8) is 0 Å². The van der Waals surface area contributed by atoms with Gasteiger partial charge in [-0.25, -0.2) is 0 Å². The molecule has 0 radical (unpaired) electrons. The Kier molecular flexibility index (Phi) is 5.50. The zero-order chi connectivity index (χ0) is 32.4. The van der Waals surface area contributed by atoms with E-state index in [1.807, 2.05) is 0 Å². The van der Waals surface area contributed by atoms with E-state index in [9.17, 15) is 0 Å². The summed E-state index contributed by atoms with van der Waals surface area (Å²) in [5.74, 6) is 0. The number of hydrogen-bond donors (Lipinski definition) is 0. The Hall–Kier alpha value is -5.46. The van der Waals surface area contributed by atoms with Gasteiger partial charge in [0.2, 0.25) is 0 Å². The fourth-order valence-corrected chi connectivity index (χ4v) is 9.27. The summed E-state index contributed by atoms with van der Waals surface area (Å²) < 4.78 is 0. The summed E-state index contributed by atoms with van der Waals surface area (Å²) in [6.45, 7) is 9.51. The largest absolute Gasteiger partial charge is 0.0619 e. The van der Waals surface area contributed by atoms with Crippen molar-refractivity contribution < 1.29 is 0 Å². The van der Waals surface area contributed by atoms with E-state index in [-0.39, 0.29) is 10.8 Å². The molecule has 0 heteroatoms. The van der Waals surface area contributed by atoms with E-state index in [1.165, 1.54) is 99.1 Å². The summed E-state index contributed by atoms with van der Waals surface area (Å²) in [7, 11) is 0. The van der Waals surface area contributed by atoms with Crippen molar-refractivity contribution in [3.8, 4) is 44.5 Å². The summed E-state index contributed by atoms with van der Waals surface area (Å²) >= 11 is 0. The van der Waals surface area contributed by atoms with Gasteiger partial charge in [-0.1, -0.05) is 155 Å². The van der Waals surface area contributed by atoms with Crippen LogP contribution >= 0.6 is 0 Å². The Bertz CT molecular complexity index is 2630. The van der Waals surface area contributed by atoms with Gasteiger partial charge in [0.1, 0.15) is 0 Å². The van der Waals surface area contributed by atoms with Gasteiger partial charge in [0, 0.05) is 10.8 Å². The first kappa shape index (κ1) is 27.6. The third-order valence-electron chi connectivity index (χ3n) is 11.6. The maximum atomic E-state index is 2.44. The average Bonchev–Trinajstić information content (AvgIpc) is 3.50. The first-order valence-electron chi connectivity index (χ1n) is 17.2. The zero-order valence-corrected chi connectivity index (χ0v) is 27.9. The molecule has 0 aliphatic heterocycles. The second kappa shape index (κ2) is 9.55. The molecule has 0 N–H and O–H groups in total. The minimum absolute atomic E-state index is 0.0193. The predicted molar refractivity (Wildman–Crippen MR) is 205 cm³/mol. The highest BCUT2D eigenvalue weighted by Crippen LogP contribution is 2.54. The lowest BCUT2D eigenvalue weighted by atomic mass is 9.78. The Morgan fingerprint density at radius 1 is 0.312 bits per heavy atom. The molecule has 0 bridgehead atoms. The molecule has 0 amide bonds. The standard InChI is InChI=1S/C48H36/c1-47(2)42-19-10-9-17-36(42)40-27-31(20-24-43(40)47)29-12-11-13-30(26-29)32-21-25-44-41(28-32)39-23-22-38-35-16-6-5-14-33(35)34-15-7-8-18-37(34)45(38)46(39)48(44,3)4/h5-28H,1-4H3. The predicted octanol–water partition coefficient (Wildman–Crippen LogP) is 13.1. The highest BCUT2D eigenvalue weighted by Gasteiger charge is 2.38. The Morgan fingerprint density at radius 3 is 1.46 bits per heavy atom. The second-order valence-corrected chi connectivity index (χ2v) is 14.9.